The van der Waals surface area contributed by atoms with Crippen molar-refractivity contribution in [3.8, 4) is 6.07 Å². The molecule has 0 saturated heterocycles. The molecule has 0 fully saturated rings. The summed E-state index contributed by atoms with van der Waals surface area (Å²) in [5.41, 5.74) is 1.15. The maximum Gasteiger partial charge on any atom is 0.138 e. The molecule has 12 heavy (non-hydrogen) atoms. The highest BCUT2D eigenvalue weighted by atomic mass is 79.9. The van der Waals surface area contributed by atoms with E-state index >= 15 is 0 Å². The van der Waals surface area contributed by atoms with Gasteiger partial charge in [-0.15, -0.1) is 0 Å². The molecule has 62 valence electrons. The highest BCUT2D eigenvalue weighted by Gasteiger charge is 2.06. The van der Waals surface area contributed by atoms with E-state index in [0.29, 0.717) is 15.4 Å². The van der Waals surface area contributed by atoms with Crippen LogP contribution in [-0.4, -0.2) is 0 Å². The van der Waals surface area contributed by atoms with Crippen LogP contribution in [0.25, 0.3) is 0 Å². The van der Waals surface area contributed by atoms with Crippen LogP contribution in [0.5, 0.6) is 0 Å². The first kappa shape index (κ1) is 9.69. The van der Waals surface area contributed by atoms with Crippen LogP contribution >= 0.6 is 31.9 Å². The SMILES string of the molecule is N#Cc1cc(F)c(Br)cc1CBr. The number of halogens is 3. The molecular formula is C8H4Br2FN. The Labute approximate surface area is 86.5 Å². The van der Waals surface area contributed by atoms with Gasteiger partial charge < -0.3 is 0 Å². The van der Waals surface area contributed by atoms with Crippen LogP contribution in [0, 0.1) is 17.1 Å². The lowest BCUT2D eigenvalue weighted by Gasteiger charge is -2.00. The first-order valence-corrected chi connectivity index (χ1v) is 5.04. The molecule has 1 rings (SSSR count). The molecular weight excluding hydrogens is 289 g/mol. The second kappa shape index (κ2) is 4.01. The zero-order valence-corrected chi connectivity index (χ0v) is 9.11. The average Bonchev–Trinajstić information content (AvgIpc) is 2.09. The maximum absolute atomic E-state index is 12.9. The summed E-state index contributed by atoms with van der Waals surface area (Å²) in [6.45, 7) is 0. The lowest BCUT2D eigenvalue weighted by molar-refractivity contribution is 0.620. The Morgan fingerprint density at radius 1 is 1.50 bits per heavy atom. The van der Waals surface area contributed by atoms with E-state index in [1.807, 2.05) is 6.07 Å². The molecule has 0 unspecified atom stereocenters. The Morgan fingerprint density at radius 2 is 2.17 bits per heavy atom. The number of nitriles is 1. The van der Waals surface area contributed by atoms with Gasteiger partial charge in [0, 0.05) is 5.33 Å². The zero-order chi connectivity index (χ0) is 9.14. The standard InChI is InChI=1S/C8H4Br2FN/c9-3-5-1-7(10)8(11)2-6(5)4-12/h1-2H,3H2. The molecule has 0 aliphatic carbocycles. The van der Waals surface area contributed by atoms with Crippen LogP contribution in [0.4, 0.5) is 4.39 Å². The summed E-state index contributed by atoms with van der Waals surface area (Å²) in [6.07, 6.45) is 0. The third kappa shape index (κ3) is 1.85. The number of hydrogen-bond donors (Lipinski definition) is 0. The molecule has 0 atom stereocenters. The first-order valence-electron chi connectivity index (χ1n) is 3.13. The molecule has 1 aromatic rings. The predicted octanol–water partition coefficient (Wildman–Crippen LogP) is 3.35. The number of alkyl halides is 1. The summed E-state index contributed by atoms with van der Waals surface area (Å²) in [6, 6.07) is 4.75. The number of hydrogen-bond acceptors (Lipinski definition) is 1. The predicted molar refractivity (Wildman–Crippen MR) is 51.4 cm³/mol. The molecule has 1 aromatic carbocycles. The van der Waals surface area contributed by atoms with Crippen molar-refractivity contribution in [2.75, 3.05) is 0 Å². The molecule has 0 amide bonds. The van der Waals surface area contributed by atoms with Crippen LogP contribution in [0.1, 0.15) is 11.1 Å². The minimum atomic E-state index is -0.406. The molecule has 0 aliphatic rings. The second-order valence-electron chi connectivity index (χ2n) is 2.17. The molecule has 0 bridgehead atoms. The molecule has 1 nitrogen and oxygen atoms in total. The van der Waals surface area contributed by atoms with Gasteiger partial charge in [0.1, 0.15) is 5.82 Å². The summed E-state index contributed by atoms with van der Waals surface area (Å²) in [7, 11) is 0. The van der Waals surface area contributed by atoms with Crippen molar-refractivity contribution < 1.29 is 4.39 Å². The van der Waals surface area contributed by atoms with E-state index in [9.17, 15) is 4.39 Å². The molecule has 4 heteroatoms. The molecule has 0 saturated carbocycles. The fourth-order valence-corrected chi connectivity index (χ4v) is 1.66. The quantitative estimate of drug-likeness (QED) is 0.728. The fourth-order valence-electron chi connectivity index (χ4n) is 0.803. The number of benzene rings is 1. The van der Waals surface area contributed by atoms with Gasteiger partial charge in [0.2, 0.25) is 0 Å². The third-order valence-electron chi connectivity index (χ3n) is 1.41. The summed E-state index contributed by atoms with van der Waals surface area (Å²) in [5, 5.41) is 9.16. The van der Waals surface area contributed by atoms with E-state index < -0.39 is 5.82 Å². The molecule has 0 heterocycles. The van der Waals surface area contributed by atoms with Gasteiger partial charge in [-0.1, -0.05) is 15.9 Å². The second-order valence-corrected chi connectivity index (χ2v) is 3.58. The van der Waals surface area contributed by atoms with E-state index in [-0.39, 0.29) is 0 Å². The summed E-state index contributed by atoms with van der Waals surface area (Å²) >= 11 is 6.26. The van der Waals surface area contributed by atoms with Crippen molar-refractivity contribution >= 4 is 31.9 Å². The molecule has 0 radical (unpaired) electrons. The van der Waals surface area contributed by atoms with Gasteiger partial charge in [-0.25, -0.2) is 4.39 Å². The van der Waals surface area contributed by atoms with Crippen LogP contribution < -0.4 is 0 Å². The maximum atomic E-state index is 12.9. The van der Waals surface area contributed by atoms with Crippen molar-refractivity contribution in [1.82, 2.24) is 0 Å². The topological polar surface area (TPSA) is 23.8 Å². The van der Waals surface area contributed by atoms with Crippen molar-refractivity contribution in [2.45, 2.75) is 5.33 Å². The molecule has 0 aliphatic heterocycles. The summed E-state index contributed by atoms with van der Waals surface area (Å²) in [5.74, 6) is -0.406. The Bertz CT molecular complexity index is 344. The van der Waals surface area contributed by atoms with Crippen molar-refractivity contribution in [3.63, 3.8) is 0 Å². The number of rotatable bonds is 1. The molecule has 0 spiro atoms. The summed E-state index contributed by atoms with van der Waals surface area (Å²) < 4.78 is 13.3. The Balaban J connectivity index is 3.31. The van der Waals surface area contributed by atoms with Gasteiger partial charge in [-0.3, -0.25) is 0 Å². The zero-order valence-electron chi connectivity index (χ0n) is 5.94. The van der Waals surface area contributed by atoms with Gasteiger partial charge in [-0.2, -0.15) is 5.26 Å². The lowest BCUT2D eigenvalue weighted by atomic mass is 10.1. The number of nitrogens with zero attached hydrogens (tertiary/aromatic N) is 1. The monoisotopic (exact) mass is 291 g/mol. The Morgan fingerprint density at radius 3 is 2.67 bits per heavy atom. The van der Waals surface area contributed by atoms with Crippen LogP contribution in [0.2, 0.25) is 0 Å². The molecule has 0 N–H and O–H groups in total. The van der Waals surface area contributed by atoms with E-state index in [0.717, 1.165) is 5.56 Å². The Kier molecular flexibility index (Phi) is 3.24. The highest BCUT2D eigenvalue weighted by Crippen LogP contribution is 2.21. The van der Waals surface area contributed by atoms with Crippen LogP contribution in [0.15, 0.2) is 16.6 Å². The van der Waals surface area contributed by atoms with E-state index in [1.165, 1.54) is 6.07 Å². The summed E-state index contributed by atoms with van der Waals surface area (Å²) in [4.78, 5) is 0. The molecule has 0 aromatic heterocycles. The average molecular weight is 293 g/mol. The van der Waals surface area contributed by atoms with Gasteiger partial charge in [0.25, 0.3) is 0 Å². The lowest BCUT2D eigenvalue weighted by Crippen LogP contribution is -1.88. The van der Waals surface area contributed by atoms with Crippen molar-refractivity contribution in [1.29, 1.82) is 5.26 Å². The first-order chi connectivity index (χ1) is 5.69. The van der Waals surface area contributed by atoms with Crippen molar-refractivity contribution in [2.24, 2.45) is 0 Å². The van der Waals surface area contributed by atoms with E-state index in [1.54, 1.807) is 6.07 Å². The van der Waals surface area contributed by atoms with Gasteiger partial charge >= 0.3 is 0 Å². The van der Waals surface area contributed by atoms with Crippen molar-refractivity contribution in [3.05, 3.63) is 33.5 Å². The smallest absolute Gasteiger partial charge is 0.138 e. The fraction of sp³-hybridized carbons (Fsp3) is 0.125. The van der Waals surface area contributed by atoms with Gasteiger partial charge in [0.05, 0.1) is 16.1 Å². The minimum absolute atomic E-state index is 0.368. The third-order valence-corrected chi connectivity index (χ3v) is 2.62. The minimum Gasteiger partial charge on any atom is -0.206 e. The van der Waals surface area contributed by atoms with E-state index in [4.69, 9.17) is 5.26 Å². The van der Waals surface area contributed by atoms with Gasteiger partial charge in [0.15, 0.2) is 0 Å². The Hall–Kier alpha value is -0.400. The van der Waals surface area contributed by atoms with Gasteiger partial charge in [-0.05, 0) is 33.6 Å². The largest absolute Gasteiger partial charge is 0.206 e. The normalized spacial score (nSPS) is 9.50. The van der Waals surface area contributed by atoms with Crippen LogP contribution in [0.3, 0.4) is 0 Å². The van der Waals surface area contributed by atoms with Crippen LogP contribution in [-0.2, 0) is 5.33 Å². The highest BCUT2D eigenvalue weighted by molar-refractivity contribution is 9.10. The van der Waals surface area contributed by atoms with E-state index in [2.05, 4.69) is 31.9 Å².